The predicted octanol–water partition coefficient (Wildman–Crippen LogP) is 2.87. The standard InChI is InChI=1S/C17H16ClN5O2/c18-16-13-3-1-2-4-14(13)23(20-16)15-11-12(5-6-19-15)21-7-9-22(10-8-21)17(24)25/h1-6,11H,7-10H2,(H,24,25). The summed E-state index contributed by atoms with van der Waals surface area (Å²) in [5, 5.41) is 14.8. The molecule has 0 radical (unpaired) electrons. The van der Waals surface area contributed by atoms with Crippen LogP contribution < -0.4 is 4.90 Å². The zero-order chi connectivity index (χ0) is 17.4. The van der Waals surface area contributed by atoms with Crippen LogP contribution >= 0.6 is 11.6 Å². The molecule has 2 aromatic heterocycles. The first-order valence-corrected chi connectivity index (χ1v) is 8.34. The van der Waals surface area contributed by atoms with Crippen LogP contribution in [-0.4, -0.2) is 57.0 Å². The zero-order valence-electron chi connectivity index (χ0n) is 13.3. The van der Waals surface area contributed by atoms with E-state index in [1.807, 2.05) is 36.4 Å². The first-order chi connectivity index (χ1) is 12.1. The number of anilines is 1. The number of piperazine rings is 1. The number of para-hydroxylation sites is 1. The third-order valence-electron chi connectivity index (χ3n) is 4.40. The average molecular weight is 358 g/mol. The lowest BCUT2D eigenvalue weighted by atomic mass is 10.2. The van der Waals surface area contributed by atoms with Crippen LogP contribution in [0.5, 0.6) is 0 Å². The average Bonchev–Trinajstić information content (AvgIpc) is 2.99. The van der Waals surface area contributed by atoms with Crippen molar-refractivity contribution in [2.24, 2.45) is 0 Å². The highest BCUT2D eigenvalue weighted by Crippen LogP contribution is 2.26. The number of benzene rings is 1. The summed E-state index contributed by atoms with van der Waals surface area (Å²) >= 11 is 6.23. The molecule has 3 aromatic rings. The molecule has 1 saturated heterocycles. The van der Waals surface area contributed by atoms with Gasteiger partial charge in [-0.1, -0.05) is 23.7 Å². The van der Waals surface area contributed by atoms with E-state index < -0.39 is 6.09 Å². The highest BCUT2D eigenvalue weighted by molar-refractivity contribution is 6.34. The molecule has 1 aliphatic heterocycles. The molecule has 128 valence electrons. The van der Waals surface area contributed by atoms with Gasteiger partial charge in [0.05, 0.1) is 5.52 Å². The summed E-state index contributed by atoms with van der Waals surface area (Å²) in [6.07, 6.45) is 0.867. The van der Waals surface area contributed by atoms with E-state index in [4.69, 9.17) is 16.7 Å². The van der Waals surface area contributed by atoms with E-state index >= 15 is 0 Å². The van der Waals surface area contributed by atoms with Gasteiger partial charge in [0.25, 0.3) is 0 Å². The van der Waals surface area contributed by atoms with Crippen molar-refractivity contribution in [3.8, 4) is 5.82 Å². The number of carbonyl (C=O) groups is 1. The Balaban J connectivity index is 1.65. The SMILES string of the molecule is O=C(O)N1CCN(c2ccnc(-n3nc(Cl)c4ccccc43)c2)CC1. The first-order valence-electron chi connectivity index (χ1n) is 7.96. The third kappa shape index (κ3) is 2.87. The molecule has 1 amide bonds. The number of carboxylic acid groups (broad SMARTS) is 1. The van der Waals surface area contributed by atoms with Gasteiger partial charge in [-0.15, -0.1) is 0 Å². The molecule has 0 aliphatic carbocycles. The summed E-state index contributed by atoms with van der Waals surface area (Å²) < 4.78 is 1.73. The molecular weight excluding hydrogens is 342 g/mol. The number of hydrogen-bond donors (Lipinski definition) is 1. The quantitative estimate of drug-likeness (QED) is 0.763. The highest BCUT2D eigenvalue weighted by atomic mass is 35.5. The Labute approximate surface area is 149 Å². The van der Waals surface area contributed by atoms with Crippen molar-refractivity contribution >= 4 is 34.3 Å². The van der Waals surface area contributed by atoms with Crippen molar-refractivity contribution in [1.82, 2.24) is 19.7 Å². The Kier molecular flexibility index (Phi) is 3.93. The summed E-state index contributed by atoms with van der Waals surface area (Å²) in [5.74, 6) is 0.682. The minimum Gasteiger partial charge on any atom is -0.465 e. The third-order valence-corrected chi connectivity index (χ3v) is 4.68. The Morgan fingerprint density at radius 3 is 2.64 bits per heavy atom. The van der Waals surface area contributed by atoms with Gasteiger partial charge in [-0.05, 0) is 18.2 Å². The van der Waals surface area contributed by atoms with E-state index in [0.29, 0.717) is 37.1 Å². The van der Waals surface area contributed by atoms with E-state index in [1.54, 1.807) is 10.9 Å². The lowest BCUT2D eigenvalue weighted by molar-refractivity contribution is 0.142. The van der Waals surface area contributed by atoms with E-state index in [-0.39, 0.29) is 0 Å². The Bertz CT molecular complexity index is 934. The maximum absolute atomic E-state index is 11.0. The first kappa shape index (κ1) is 15.7. The smallest absolute Gasteiger partial charge is 0.407 e. The van der Waals surface area contributed by atoms with Gasteiger partial charge in [0.15, 0.2) is 11.0 Å². The van der Waals surface area contributed by atoms with Crippen LogP contribution in [0, 0.1) is 0 Å². The van der Waals surface area contributed by atoms with Crippen molar-refractivity contribution in [2.75, 3.05) is 31.1 Å². The molecule has 7 nitrogen and oxygen atoms in total. The van der Waals surface area contributed by atoms with E-state index in [2.05, 4.69) is 15.0 Å². The van der Waals surface area contributed by atoms with Gasteiger partial charge in [0.1, 0.15) is 0 Å². The summed E-state index contributed by atoms with van der Waals surface area (Å²) in [6.45, 7) is 2.28. The predicted molar refractivity (Wildman–Crippen MR) is 95.7 cm³/mol. The minimum absolute atomic E-state index is 0.442. The maximum Gasteiger partial charge on any atom is 0.407 e. The van der Waals surface area contributed by atoms with Gasteiger partial charge in [-0.25, -0.2) is 14.5 Å². The van der Waals surface area contributed by atoms with Crippen molar-refractivity contribution in [3.63, 3.8) is 0 Å². The summed E-state index contributed by atoms with van der Waals surface area (Å²) in [5.41, 5.74) is 1.89. The number of fused-ring (bicyclic) bond motifs is 1. The van der Waals surface area contributed by atoms with Crippen LogP contribution in [-0.2, 0) is 0 Å². The van der Waals surface area contributed by atoms with Gasteiger partial charge < -0.3 is 14.9 Å². The molecule has 4 rings (SSSR count). The normalized spacial score (nSPS) is 14.9. The lowest BCUT2D eigenvalue weighted by Gasteiger charge is -2.34. The zero-order valence-corrected chi connectivity index (χ0v) is 14.1. The van der Waals surface area contributed by atoms with Crippen molar-refractivity contribution in [3.05, 3.63) is 47.7 Å². The molecule has 1 N–H and O–H groups in total. The molecule has 0 atom stereocenters. The van der Waals surface area contributed by atoms with Crippen LogP contribution in [0.2, 0.25) is 5.15 Å². The van der Waals surface area contributed by atoms with Gasteiger partial charge in [0.2, 0.25) is 0 Å². The number of hydrogen-bond acceptors (Lipinski definition) is 4. The Hall–Kier alpha value is -2.80. The molecule has 0 bridgehead atoms. The molecule has 1 fully saturated rings. The summed E-state index contributed by atoms with van der Waals surface area (Å²) in [7, 11) is 0. The van der Waals surface area contributed by atoms with Gasteiger partial charge >= 0.3 is 6.09 Å². The fourth-order valence-electron chi connectivity index (χ4n) is 3.08. The number of pyridine rings is 1. The molecule has 25 heavy (non-hydrogen) atoms. The molecule has 0 saturated carbocycles. The second-order valence-electron chi connectivity index (χ2n) is 5.85. The lowest BCUT2D eigenvalue weighted by Crippen LogP contribution is -2.48. The number of amides is 1. The fraction of sp³-hybridized carbons (Fsp3) is 0.235. The number of aromatic nitrogens is 3. The largest absolute Gasteiger partial charge is 0.465 e. The maximum atomic E-state index is 11.0. The van der Waals surface area contributed by atoms with Crippen LogP contribution in [0.15, 0.2) is 42.6 Å². The van der Waals surface area contributed by atoms with Gasteiger partial charge in [-0.2, -0.15) is 5.10 Å². The Morgan fingerprint density at radius 2 is 1.88 bits per heavy atom. The summed E-state index contributed by atoms with van der Waals surface area (Å²) in [6, 6.07) is 11.6. The molecule has 3 heterocycles. The van der Waals surface area contributed by atoms with Crippen LogP contribution in [0.4, 0.5) is 10.5 Å². The van der Waals surface area contributed by atoms with Crippen molar-refractivity contribution < 1.29 is 9.90 Å². The van der Waals surface area contributed by atoms with E-state index in [1.165, 1.54) is 4.90 Å². The minimum atomic E-state index is -0.868. The monoisotopic (exact) mass is 357 g/mol. The Morgan fingerprint density at radius 1 is 1.12 bits per heavy atom. The molecule has 0 spiro atoms. The fourth-order valence-corrected chi connectivity index (χ4v) is 3.31. The molecule has 0 unspecified atom stereocenters. The topological polar surface area (TPSA) is 74.5 Å². The molecule has 1 aromatic carbocycles. The van der Waals surface area contributed by atoms with Crippen LogP contribution in [0.3, 0.4) is 0 Å². The van der Waals surface area contributed by atoms with E-state index in [0.717, 1.165) is 16.6 Å². The second kappa shape index (κ2) is 6.25. The number of rotatable bonds is 2. The molecule has 8 heteroatoms. The second-order valence-corrected chi connectivity index (χ2v) is 6.21. The van der Waals surface area contributed by atoms with Crippen LogP contribution in [0.1, 0.15) is 0 Å². The molecule has 1 aliphatic rings. The van der Waals surface area contributed by atoms with Gasteiger partial charge in [0, 0.05) is 49.5 Å². The van der Waals surface area contributed by atoms with Crippen molar-refractivity contribution in [2.45, 2.75) is 0 Å². The van der Waals surface area contributed by atoms with E-state index in [9.17, 15) is 4.79 Å². The number of halogens is 1. The summed E-state index contributed by atoms with van der Waals surface area (Å²) in [4.78, 5) is 19.0. The highest BCUT2D eigenvalue weighted by Gasteiger charge is 2.21. The van der Waals surface area contributed by atoms with Crippen LogP contribution in [0.25, 0.3) is 16.7 Å². The van der Waals surface area contributed by atoms with Gasteiger partial charge in [-0.3, -0.25) is 0 Å². The number of nitrogens with zero attached hydrogens (tertiary/aromatic N) is 5. The molecular formula is C17H16ClN5O2. The van der Waals surface area contributed by atoms with Crippen molar-refractivity contribution in [1.29, 1.82) is 0 Å².